The lowest BCUT2D eigenvalue weighted by molar-refractivity contribution is -0.115. The Labute approximate surface area is 92.3 Å². The molecule has 5 heteroatoms. The van der Waals surface area contributed by atoms with E-state index in [1.54, 1.807) is 13.0 Å². The highest BCUT2D eigenvalue weighted by Gasteiger charge is 2.07. The van der Waals surface area contributed by atoms with Crippen LogP contribution >= 0.6 is 0 Å². The zero-order valence-corrected chi connectivity index (χ0v) is 8.65. The second-order valence-corrected chi connectivity index (χ2v) is 3.22. The number of nitrogens with zero attached hydrogens (tertiary/aromatic N) is 1. The summed E-state index contributed by atoms with van der Waals surface area (Å²) >= 11 is 0. The van der Waals surface area contributed by atoms with Gasteiger partial charge in [-0.25, -0.2) is 4.79 Å². The molecule has 0 fully saturated rings. The number of hydrogen-bond donors (Lipinski definition) is 2. The molecule has 0 radical (unpaired) electrons. The van der Waals surface area contributed by atoms with E-state index in [1.807, 2.05) is 0 Å². The van der Waals surface area contributed by atoms with E-state index in [4.69, 9.17) is 10.4 Å². The summed E-state index contributed by atoms with van der Waals surface area (Å²) < 4.78 is 0. The van der Waals surface area contributed by atoms with Crippen LogP contribution < -0.4 is 5.32 Å². The number of amides is 1. The maximum absolute atomic E-state index is 11.1. The van der Waals surface area contributed by atoms with E-state index >= 15 is 0 Å². The molecular formula is C11H10N2O3. The van der Waals surface area contributed by atoms with Crippen molar-refractivity contribution in [3.05, 3.63) is 29.3 Å². The summed E-state index contributed by atoms with van der Waals surface area (Å²) in [5.74, 6) is -1.42. The minimum absolute atomic E-state index is 0.163. The van der Waals surface area contributed by atoms with Gasteiger partial charge in [0, 0.05) is 5.69 Å². The lowest BCUT2D eigenvalue weighted by Crippen LogP contribution is -2.11. The third-order valence-corrected chi connectivity index (χ3v) is 1.99. The predicted molar refractivity (Wildman–Crippen MR) is 57.0 cm³/mol. The van der Waals surface area contributed by atoms with Crippen LogP contribution in [0.5, 0.6) is 0 Å². The number of anilines is 1. The molecule has 1 aromatic rings. The number of hydrogen-bond acceptors (Lipinski definition) is 3. The van der Waals surface area contributed by atoms with Crippen LogP contribution in [0, 0.1) is 18.3 Å². The topological polar surface area (TPSA) is 90.2 Å². The van der Waals surface area contributed by atoms with E-state index in [1.165, 1.54) is 18.2 Å². The molecule has 0 aliphatic heterocycles. The molecule has 0 aliphatic carbocycles. The van der Waals surface area contributed by atoms with Crippen LogP contribution in [-0.2, 0) is 4.79 Å². The van der Waals surface area contributed by atoms with Crippen LogP contribution in [0.1, 0.15) is 22.3 Å². The van der Waals surface area contributed by atoms with Gasteiger partial charge in [-0.2, -0.15) is 5.26 Å². The minimum atomic E-state index is -1.02. The van der Waals surface area contributed by atoms with Crippen LogP contribution in [0.3, 0.4) is 0 Å². The van der Waals surface area contributed by atoms with Gasteiger partial charge in [-0.15, -0.1) is 0 Å². The lowest BCUT2D eigenvalue weighted by atomic mass is 10.1. The normalized spacial score (nSPS) is 9.25. The highest BCUT2D eigenvalue weighted by molar-refractivity contribution is 5.94. The molecule has 1 amide bonds. The average Bonchev–Trinajstić information content (AvgIpc) is 2.21. The van der Waals surface area contributed by atoms with Gasteiger partial charge < -0.3 is 10.4 Å². The molecule has 0 heterocycles. The third-order valence-electron chi connectivity index (χ3n) is 1.99. The number of carbonyl (C=O) groups excluding carboxylic acids is 1. The maximum Gasteiger partial charge on any atom is 0.335 e. The molecule has 82 valence electrons. The van der Waals surface area contributed by atoms with Crippen LogP contribution in [0.4, 0.5) is 5.69 Å². The molecule has 0 spiro atoms. The van der Waals surface area contributed by atoms with Crippen LogP contribution in [0.15, 0.2) is 18.2 Å². The summed E-state index contributed by atoms with van der Waals surface area (Å²) in [5, 5.41) is 19.6. The van der Waals surface area contributed by atoms with Crippen molar-refractivity contribution in [2.75, 3.05) is 5.32 Å². The van der Waals surface area contributed by atoms with Crippen molar-refractivity contribution in [3.8, 4) is 6.07 Å². The monoisotopic (exact) mass is 218 g/mol. The first-order chi connectivity index (χ1) is 7.54. The van der Waals surface area contributed by atoms with E-state index in [0.29, 0.717) is 11.3 Å². The van der Waals surface area contributed by atoms with Gasteiger partial charge in [0.05, 0.1) is 11.6 Å². The lowest BCUT2D eigenvalue weighted by Gasteiger charge is -2.07. The van der Waals surface area contributed by atoms with Crippen LogP contribution in [-0.4, -0.2) is 17.0 Å². The molecule has 1 rings (SSSR count). The second-order valence-electron chi connectivity index (χ2n) is 3.22. The highest BCUT2D eigenvalue weighted by Crippen LogP contribution is 2.16. The van der Waals surface area contributed by atoms with Crippen molar-refractivity contribution < 1.29 is 14.7 Å². The first-order valence-corrected chi connectivity index (χ1v) is 4.55. The Morgan fingerprint density at radius 2 is 2.19 bits per heavy atom. The summed E-state index contributed by atoms with van der Waals surface area (Å²) in [6.07, 6.45) is -0.222. The van der Waals surface area contributed by atoms with Crippen molar-refractivity contribution in [1.82, 2.24) is 0 Å². The summed E-state index contributed by atoms with van der Waals surface area (Å²) in [6.45, 7) is 1.69. The first kappa shape index (κ1) is 11.7. The van der Waals surface area contributed by atoms with Crippen molar-refractivity contribution in [3.63, 3.8) is 0 Å². The van der Waals surface area contributed by atoms with Gasteiger partial charge in [-0.3, -0.25) is 4.79 Å². The van der Waals surface area contributed by atoms with Crippen molar-refractivity contribution >= 4 is 17.6 Å². The summed E-state index contributed by atoms with van der Waals surface area (Å²) in [5.41, 5.74) is 1.33. The molecule has 0 saturated carbocycles. The Morgan fingerprint density at radius 1 is 1.50 bits per heavy atom. The molecule has 5 nitrogen and oxygen atoms in total. The molecule has 2 N–H and O–H groups in total. The van der Waals surface area contributed by atoms with Crippen LogP contribution in [0.25, 0.3) is 0 Å². The second kappa shape index (κ2) is 4.94. The summed E-state index contributed by atoms with van der Waals surface area (Å²) in [7, 11) is 0. The fourth-order valence-electron chi connectivity index (χ4n) is 1.20. The van der Waals surface area contributed by atoms with Gasteiger partial charge in [0.1, 0.15) is 6.42 Å². The quantitative estimate of drug-likeness (QED) is 0.805. The molecule has 16 heavy (non-hydrogen) atoms. The molecule has 0 saturated heterocycles. The molecule has 0 atom stereocenters. The Bertz CT molecular complexity index is 475. The maximum atomic E-state index is 11.1. The number of rotatable bonds is 3. The van der Waals surface area contributed by atoms with E-state index in [-0.39, 0.29) is 12.0 Å². The Hall–Kier alpha value is -2.35. The largest absolute Gasteiger partial charge is 0.478 e. The smallest absolute Gasteiger partial charge is 0.335 e. The van der Waals surface area contributed by atoms with Gasteiger partial charge in [-0.1, -0.05) is 0 Å². The Kier molecular flexibility index (Phi) is 3.62. The zero-order valence-electron chi connectivity index (χ0n) is 8.65. The highest BCUT2D eigenvalue weighted by atomic mass is 16.4. The van der Waals surface area contributed by atoms with E-state index in [9.17, 15) is 9.59 Å². The van der Waals surface area contributed by atoms with Gasteiger partial charge >= 0.3 is 5.97 Å². The van der Waals surface area contributed by atoms with Gasteiger partial charge in [-0.05, 0) is 30.7 Å². The van der Waals surface area contributed by atoms with Crippen LogP contribution in [0.2, 0.25) is 0 Å². The number of benzene rings is 1. The third kappa shape index (κ3) is 2.82. The molecule has 1 aromatic carbocycles. The van der Waals surface area contributed by atoms with E-state index in [0.717, 1.165) is 0 Å². The predicted octanol–water partition coefficient (Wildman–Crippen LogP) is 1.55. The summed E-state index contributed by atoms with van der Waals surface area (Å²) in [6, 6.07) is 6.10. The molecule has 0 unspecified atom stereocenters. The SMILES string of the molecule is Cc1cc(C(=O)O)ccc1NC(=O)CC#N. The number of carboxylic acids is 1. The zero-order chi connectivity index (χ0) is 12.1. The Morgan fingerprint density at radius 3 is 2.69 bits per heavy atom. The fraction of sp³-hybridized carbons (Fsp3) is 0.182. The molecule has 0 aromatic heterocycles. The first-order valence-electron chi connectivity index (χ1n) is 4.55. The number of nitriles is 1. The van der Waals surface area contributed by atoms with Gasteiger partial charge in [0.15, 0.2) is 0 Å². The van der Waals surface area contributed by atoms with Crippen molar-refractivity contribution in [2.24, 2.45) is 0 Å². The number of carbonyl (C=O) groups is 2. The van der Waals surface area contributed by atoms with E-state index in [2.05, 4.69) is 5.32 Å². The number of aryl methyl sites for hydroxylation is 1. The number of nitrogens with one attached hydrogen (secondary N) is 1. The molecule has 0 aliphatic rings. The van der Waals surface area contributed by atoms with Crippen molar-refractivity contribution in [2.45, 2.75) is 13.3 Å². The molecular weight excluding hydrogens is 208 g/mol. The minimum Gasteiger partial charge on any atom is -0.478 e. The number of aromatic carboxylic acids is 1. The van der Waals surface area contributed by atoms with Gasteiger partial charge in [0.2, 0.25) is 5.91 Å². The summed E-state index contributed by atoms with van der Waals surface area (Å²) in [4.78, 5) is 21.8. The number of carboxylic acid groups (broad SMARTS) is 1. The average molecular weight is 218 g/mol. The fourth-order valence-corrected chi connectivity index (χ4v) is 1.20. The van der Waals surface area contributed by atoms with E-state index < -0.39 is 11.9 Å². The molecule has 0 bridgehead atoms. The van der Waals surface area contributed by atoms with Gasteiger partial charge in [0.25, 0.3) is 0 Å². The standard InChI is InChI=1S/C11H10N2O3/c1-7-6-8(11(15)16)2-3-9(7)13-10(14)4-5-12/h2-3,6H,4H2,1H3,(H,13,14)(H,15,16). The van der Waals surface area contributed by atoms with Crippen molar-refractivity contribution in [1.29, 1.82) is 5.26 Å². The Balaban J connectivity index is 2.88.